The van der Waals surface area contributed by atoms with E-state index in [1.54, 1.807) is 60.7 Å². The second-order valence-corrected chi connectivity index (χ2v) is 10.4. The number of carbonyl (C=O) groups is 3. The highest BCUT2D eigenvalue weighted by Crippen LogP contribution is 2.58. The van der Waals surface area contributed by atoms with Crippen LogP contribution in [0.3, 0.4) is 0 Å². The normalized spacial score (nSPS) is 23.1. The van der Waals surface area contributed by atoms with E-state index in [-0.39, 0.29) is 23.2 Å². The summed E-state index contributed by atoms with van der Waals surface area (Å²) in [5, 5.41) is 0. The van der Waals surface area contributed by atoms with Crippen molar-refractivity contribution in [1.82, 2.24) is 0 Å². The number of Topliss-reactive ketones (excluding diaryl/α,β-unsaturated/α-hetero) is 2. The quantitative estimate of drug-likeness (QED) is 0.308. The van der Waals surface area contributed by atoms with Crippen molar-refractivity contribution in [2.75, 3.05) is 0 Å². The first kappa shape index (κ1) is 27.0. The molecule has 6 rings (SSSR count). The van der Waals surface area contributed by atoms with Gasteiger partial charge in [-0.1, -0.05) is 121 Å². The molecule has 2 aliphatic heterocycles. The molecule has 2 aliphatic rings. The summed E-state index contributed by atoms with van der Waals surface area (Å²) >= 11 is 0. The maximum atomic E-state index is 14.7. The minimum atomic E-state index is -1.80. The van der Waals surface area contributed by atoms with Gasteiger partial charge < -0.3 is 16.2 Å². The van der Waals surface area contributed by atoms with E-state index in [9.17, 15) is 14.4 Å². The van der Waals surface area contributed by atoms with E-state index in [2.05, 4.69) is 9.98 Å². The van der Waals surface area contributed by atoms with E-state index in [0.29, 0.717) is 22.3 Å². The second kappa shape index (κ2) is 11.0. The zero-order valence-corrected chi connectivity index (χ0v) is 22.5. The molecule has 0 saturated carbocycles. The maximum absolute atomic E-state index is 14.7. The average Bonchev–Trinajstić information content (AvgIpc) is 3.04. The molecule has 0 radical (unpaired) electrons. The van der Waals surface area contributed by atoms with Gasteiger partial charge in [0.15, 0.2) is 11.6 Å². The second-order valence-electron chi connectivity index (χ2n) is 10.4. The SMILES string of the molecule is NC1=NC(=O)N=C(N)C12C(C(=O)c1ccccc1)C(c1ccccc1)OC(c1ccccc1)C2C(=O)c1ccccc1. The molecular weight excluding hydrogens is 528 g/mol. The van der Waals surface area contributed by atoms with Crippen LogP contribution in [-0.2, 0) is 4.74 Å². The van der Waals surface area contributed by atoms with E-state index in [1.807, 2.05) is 60.7 Å². The van der Waals surface area contributed by atoms with E-state index in [0.717, 1.165) is 0 Å². The van der Waals surface area contributed by atoms with Crippen molar-refractivity contribution >= 4 is 29.3 Å². The molecular formula is C34H28N4O4. The Labute approximate surface area is 242 Å². The smallest absolute Gasteiger partial charge is 0.370 e. The number of ether oxygens (including phenoxy) is 1. The van der Waals surface area contributed by atoms with Gasteiger partial charge in [-0.15, -0.1) is 0 Å². The maximum Gasteiger partial charge on any atom is 0.370 e. The van der Waals surface area contributed by atoms with Crippen molar-refractivity contribution < 1.29 is 19.1 Å². The monoisotopic (exact) mass is 556 g/mol. The molecule has 42 heavy (non-hydrogen) atoms. The predicted octanol–water partition coefficient (Wildman–Crippen LogP) is 5.33. The molecule has 4 unspecified atom stereocenters. The molecule has 2 amide bonds. The van der Waals surface area contributed by atoms with Gasteiger partial charge in [0, 0.05) is 11.1 Å². The Morgan fingerprint density at radius 2 is 0.905 bits per heavy atom. The van der Waals surface area contributed by atoms with Crippen LogP contribution in [0, 0.1) is 17.3 Å². The number of amidine groups is 2. The number of ketones is 2. The summed E-state index contributed by atoms with van der Waals surface area (Å²) in [6.45, 7) is 0. The van der Waals surface area contributed by atoms with Crippen LogP contribution in [0.5, 0.6) is 0 Å². The molecule has 1 fully saturated rings. The number of nitrogens with zero attached hydrogens (tertiary/aromatic N) is 2. The number of aliphatic imine (C=N–C) groups is 2. The summed E-state index contributed by atoms with van der Waals surface area (Å²) in [6.07, 6.45) is -1.86. The molecule has 8 nitrogen and oxygen atoms in total. The molecule has 208 valence electrons. The van der Waals surface area contributed by atoms with E-state index in [4.69, 9.17) is 16.2 Å². The topological polar surface area (TPSA) is 137 Å². The summed E-state index contributed by atoms with van der Waals surface area (Å²) < 4.78 is 6.87. The van der Waals surface area contributed by atoms with E-state index >= 15 is 0 Å². The number of carbonyl (C=O) groups excluding carboxylic acids is 3. The van der Waals surface area contributed by atoms with E-state index in [1.165, 1.54) is 0 Å². The van der Waals surface area contributed by atoms with Crippen molar-refractivity contribution in [3.05, 3.63) is 144 Å². The molecule has 4 N–H and O–H groups in total. The van der Waals surface area contributed by atoms with Crippen LogP contribution in [-0.4, -0.2) is 29.3 Å². The lowest BCUT2D eigenvalue weighted by atomic mass is 9.54. The zero-order chi connectivity index (χ0) is 29.3. The highest BCUT2D eigenvalue weighted by molar-refractivity contribution is 6.24. The van der Waals surface area contributed by atoms with Crippen molar-refractivity contribution in [3.63, 3.8) is 0 Å². The predicted molar refractivity (Wildman–Crippen MR) is 159 cm³/mol. The van der Waals surface area contributed by atoms with Crippen LogP contribution >= 0.6 is 0 Å². The van der Waals surface area contributed by atoms with Gasteiger partial charge in [-0.05, 0) is 11.1 Å². The third kappa shape index (κ3) is 4.42. The Balaban J connectivity index is 1.69. The lowest BCUT2D eigenvalue weighted by molar-refractivity contribution is -0.128. The van der Waals surface area contributed by atoms with Crippen LogP contribution in [0.15, 0.2) is 131 Å². The summed E-state index contributed by atoms with van der Waals surface area (Å²) in [4.78, 5) is 50.0. The standard InChI is InChI=1S/C34H28N4O4/c35-31-34(32(36)38-33(41)37-31)25(27(39)21-13-5-1-6-14-21)29(23-17-9-3-10-18-23)42-30(24-19-11-4-12-20-24)26(34)28(40)22-15-7-2-8-16-22/h1-20,25-26,29-30H,(H4,35,36,37,38,41). The van der Waals surface area contributed by atoms with Crippen LogP contribution in [0.2, 0.25) is 0 Å². The number of rotatable bonds is 6. The highest BCUT2D eigenvalue weighted by atomic mass is 16.5. The first-order valence-electron chi connectivity index (χ1n) is 13.6. The van der Waals surface area contributed by atoms with E-state index < -0.39 is 35.5 Å². The third-order valence-electron chi connectivity index (χ3n) is 8.10. The lowest BCUT2D eigenvalue weighted by Gasteiger charge is -2.54. The first-order valence-corrected chi connectivity index (χ1v) is 13.6. The van der Waals surface area contributed by atoms with Gasteiger partial charge in [0.1, 0.15) is 17.1 Å². The Hall–Kier alpha value is -5.21. The van der Waals surface area contributed by atoms with Crippen LogP contribution in [0.25, 0.3) is 0 Å². The van der Waals surface area contributed by atoms with Crippen molar-refractivity contribution in [1.29, 1.82) is 0 Å². The average molecular weight is 557 g/mol. The molecule has 4 aromatic carbocycles. The van der Waals surface area contributed by atoms with Gasteiger partial charge in [-0.2, -0.15) is 9.98 Å². The van der Waals surface area contributed by atoms with Gasteiger partial charge in [-0.25, -0.2) is 4.79 Å². The molecule has 4 atom stereocenters. The fourth-order valence-electron chi connectivity index (χ4n) is 6.25. The number of urea groups is 1. The molecule has 0 bridgehead atoms. The Kier molecular flexibility index (Phi) is 7.06. The van der Waals surface area contributed by atoms with Gasteiger partial charge in [0.2, 0.25) is 0 Å². The number of benzene rings is 4. The van der Waals surface area contributed by atoms with Crippen LogP contribution in [0.1, 0.15) is 44.1 Å². The molecule has 1 spiro atoms. The van der Waals surface area contributed by atoms with Gasteiger partial charge in [-0.3, -0.25) is 9.59 Å². The first-order chi connectivity index (χ1) is 20.4. The Morgan fingerprint density at radius 3 is 1.26 bits per heavy atom. The summed E-state index contributed by atoms with van der Waals surface area (Å²) in [5.41, 5.74) is 13.7. The minimum absolute atomic E-state index is 0.242. The van der Waals surface area contributed by atoms with Gasteiger partial charge in [0.25, 0.3) is 0 Å². The number of nitrogens with two attached hydrogens (primary N) is 2. The minimum Gasteiger partial charge on any atom is -0.386 e. The molecule has 8 heteroatoms. The number of hydrogen-bond acceptors (Lipinski definition) is 6. The fraction of sp³-hybridized carbons (Fsp3) is 0.147. The summed E-state index contributed by atoms with van der Waals surface area (Å²) in [7, 11) is 0. The van der Waals surface area contributed by atoms with Gasteiger partial charge >= 0.3 is 6.03 Å². The van der Waals surface area contributed by atoms with Gasteiger partial charge in [0.05, 0.1) is 24.0 Å². The van der Waals surface area contributed by atoms with Crippen molar-refractivity contribution in [2.45, 2.75) is 12.2 Å². The highest BCUT2D eigenvalue weighted by Gasteiger charge is 2.67. The Morgan fingerprint density at radius 1 is 0.571 bits per heavy atom. The van der Waals surface area contributed by atoms with Crippen molar-refractivity contribution in [3.8, 4) is 0 Å². The molecule has 0 aromatic heterocycles. The molecule has 1 saturated heterocycles. The molecule has 4 aromatic rings. The van der Waals surface area contributed by atoms with Crippen LogP contribution < -0.4 is 11.5 Å². The number of hydrogen-bond donors (Lipinski definition) is 2. The number of amides is 2. The van der Waals surface area contributed by atoms with Crippen LogP contribution in [0.4, 0.5) is 4.79 Å². The zero-order valence-electron chi connectivity index (χ0n) is 22.5. The largest absolute Gasteiger partial charge is 0.386 e. The molecule has 0 aliphatic carbocycles. The lowest BCUT2D eigenvalue weighted by Crippen LogP contribution is -2.67. The summed E-state index contributed by atoms with van der Waals surface area (Å²) in [6, 6.07) is 34.9. The third-order valence-corrected chi connectivity index (χ3v) is 8.10. The Bertz CT molecular complexity index is 1560. The fourth-order valence-corrected chi connectivity index (χ4v) is 6.25. The summed E-state index contributed by atoms with van der Waals surface area (Å²) in [5.74, 6) is -3.61. The van der Waals surface area contributed by atoms with Crippen molar-refractivity contribution in [2.24, 2.45) is 38.7 Å². The molecule has 2 heterocycles.